The summed E-state index contributed by atoms with van der Waals surface area (Å²) in [5.74, 6) is -1.76. The van der Waals surface area contributed by atoms with Gasteiger partial charge < -0.3 is 14.4 Å². The molecule has 0 spiro atoms. The molecule has 1 fully saturated rings. The van der Waals surface area contributed by atoms with E-state index in [-0.39, 0.29) is 29.1 Å². The summed E-state index contributed by atoms with van der Waals surface area (Å²) in [6.45, 7) is 1.79. The van der Waals surface area contributed by atoms with E-state index in [0.29, 0.717) is 11.3 Å². The molecule has 4 rings (SSSR count). The van der Waals surface area contributed by atoms with Crippen molar-refractivity contribution in [3.8, 4) is 0 Å². The van der Waals surface area contributed by atoms with Crippen molar-refractivity contribution in [3.05, 3.63) is 105 Å². The number of ketones is 1. The van der Waals surface area contributed by atoms with Crippen LogP contribution in [0.1, 0.15) is 28.5 Å². The van der Waals surface area contributed by atoms with Gasteiger partial charge in [-0.3, -0.25) is 19.7 Å². The number of nitrogens with zero attached hydrogens (tertiary/aromatic N) is 2. The first-order chi connectivity index (χ1) is 14.9. The first kappa shape index (κ1) is 20.1. The van der Waals surface area contributed by atoms with Crippen LogP contribution in [0.5, 0.6) is 0 Å². The highest BCUT2D eigenvalue weighted by molar-refractivity contribution is 6.46. The van der Waals surface area contributed by atoms with Crippen molar-refractivity contribution in [1.29, 1.82) is 0 Å². The molecule has 8 nitrogen and oxygen atoms in total. The zero-order chi connectivity index (χ0) is 22.1. The summed E-state index contributed by atoms with van der Waals surface area (Å²) in [5, 5.41) is 22.7. The Balaban J connectivity index is 1.93. The van der Waals surface area contributed by atoms with E-state index in [0.717, 1.165) is 5.56 Å². The number of furan rings is 1. The van der Waals surface area contributed by atoms with Gasteiger partial charge in [-0.15, -0.1) is 0 Å². The maximum atomic E-state index is 13.0. The largest absolute Gasteiger partial charge is 0.507 e. The number of hydrogen-bond donors (Lipinski definition) is 1. The molecule has 1 aliphatic heterocycles. The average molecular weight is 418 g/mol. The number of aliphatic hydroxyl groups excluding tert-OH is 1. The summed E-state index contributed by atoms with van der Waals surface area (Å²) in [4.78, 5) is 38.2. The van der Waals surface area contributed by atoms with Gasteiger partial charge in [0.1, 0.15) is 11.5 Å². The molecule has 1 saturated heterocycles. The fourth-order valence-electron chi connectivity index (χ4n) is 3.69. The summed E-state index contributed by atoms with van der Waals surface area (Å²) in [7, 11) is 0. The van der Waals surface area contributed by atoms with Gasteiger partial charge in [0, 0.05) is 11.6 Å². The quantitative estimate of drug-likeness (QED) is 0.219. The maximum Gasteiger partial charge on any atom is 0.296 e. The van der Waals surface area contributed by atoms with Crippen LogP contribution in [0.3, 0.4) is 0 Å². The number of hydrogen-bond acceptors (Lipinski definition) is 6. The van der Waals surface area contributed by atoms with Gasteiger partial charge in [-0.05, 0) is 25.1 Å². The summed E-state index contributed by atoms with van der Waals surface area (Å²) < 4.78 is 5.32. The number of rotatable bonds is 5. The molecule has 3 aromatic rings. The number of carbonyl (C=O) groups is 2. The molecule has 31 heavy (non-hydrogen) atoms. The minimum absolute atomic E-state index is 0.0844. The fourth-order valence-corrected chi connectivity index (χ4v) is 3.69. The Morgan fingerprint density at radius 2 is 1.81 bits per heavy atom. The van der Waals surface area contributed by atoms with Gasteiger partial charge in [0.15, 0.2) is 0 Å². The molecule has 2 aromatic carbocycles. The van der Waals surface area contributed by atoms with Crippen LogP contribution >= 0.6 is 0 Å². The van der Waals surface area contributed by atoms with Crippen molar-refractivity contribution in [2.45, 2.75) is 19.5 Å². The summed E-state index contributed by atoms with van der Waals surface area (Å²) in [6, 6.07) is 14.8. The van der Waals surface area contributed by atoms with Gasteiger partial charge in [-0.2, -0.15) is 0 Å². The van der Waals surface area contributed by atoms with Crippen LogP contribution in [-0.2, 0) is 16.1 Å². The van der Waals surface area contributed by atoms with Crippen LogP contribution in [0.25, 0.3) is 5.76 Å². The van der Waals surface area contributed by atoms with Crippen LogP contribution in [0, 0.1) is 17.0 Å². The van der Waals surface area contributed by atoms with E-state index in [9.17, 15) is 24.8 Å². The molecule has 0 aliphatic carbocycles. The lowest BCUT2D eigenvalue weighted by atomic mass is 9.94. The van der Waals surface area contributed by atoms with Crippen LogP contribution in [0.15, 0.2) is 76.9 Å². The lowest BCUT2D eigenvalue weighted by Gasteiger charge is -2.24. The second-order valence-corrected chi connectivity index (χ2v) is 7.19. The zero-order valence-electron chi connectivity index (χ0n) is 16.5. The molecule has 1 aliphatic rings. The first-order valence-electron chi connectivity index (χ1n) is 9.49. The Morgan fingerprint density at radius 3 is 2.45 bits per heavy atom. The highest BCUT2D eigenvalue weighted by Gasteiger charge is 2.48. The predicted molar refractivity (Wildman–Crippen MR) is 111 cm³/mol. The molecular weight excluding hydrogens is 400 g/mol. The number of aliphatic hydroxyl groups is 1. The third kappa shape index (κ3) is 3.59. The third-order valence-electron chi connectivity index (χ3n) is 5.20. The normalized spacial score (nSPS) is 17.8. The Hall–Kier alpha value is -4.20. The van der Waals surface area contributed by atoms with Crippen LogP contribution < -0.4 is 0 Å². The van der Waals surface area contributed by atoms with Crippen molar-refractivity contribution >= 4 is 23.1 Å². The maximum absolute atomic E-state index is 13.0. The SMILES string of the molecule is Cc1ccc(C(O)=C2C(=O)C(=O)N(Cc3ccco3)C2c2ccccc2[N+](=O)[O-])cc1. The van der Waals surface area contributed by atoms with Gasteiger partial charge in [-0.25, -0.2) is 0 Å². The predicted octanol–water partition coefficient (Wildman–Crippen LogP) is 4.12. The number of carbonyl (C=O) groups excluding carboxylic acids is 2. The van der Waals surface area contributed by atoms with E-state index in [1.54, 1.807) is 42.5 Å². The van der Waals surface area contributed by atoms with Gasteiger partial charge in [-0.1, -0.05) is 42.0 Å². The molecule has 1 aromatic heterocycles. The van der Waals surface area contributed by atoms with Crippen molar-refractivity contribution in [3.63, 3.8) is 0 Å². The number of para-hydroxylation sites is 1. The van der Waals surface area contributed by atoms with E-state index in [2.05, 4.69) is 0 Å². The van der Waals surface area contributed by atoms with Gasteiger partial charge in [0.25, 0.3) is 17.4 Å². The third-order valence-corrected chi connectivity index (χ3v) is 5.20. The molecule has 0 radical (unpaired) electrons. The lowest BCUT2D eigenvalue weighted by molar-refractivity contribution is -0.385. The van der Waals surface area contributed by atoms with E-state index >= 15 is 0 Å². The Morgan fingerprint density at radius 1 is 1.10 bits per heavy atom. The van der Waals surface area contributed by atoms with Crippen LogP contribution in [-0.4, -0.2) is 26.6 Å². The molecule has 2 heterocycles. The van der Waals surface area contributed by atoms with Crippen LogP contribution in [0.2, 0.25) is 0 Å². The molecule has 8 heteroatoms. The van der Waals surface area contributed by atoms with Crippen molar-refractivity contribution in [2.24, 2.45) is 0 Å². The van der Waals surface area contributed by atoms with E-state index in [4.69, 9.17) is 4.42 Å². The number of nitro benzene ring substituents is 1. The minimum atomic E-state index is -1.15. The number of aryl methyl sites for hydroxylation is 1. The fraction of sp³-hybridized carbons (Fsp3) is 0.130. The molecule has 1 atom stereocenters. The van der Waals surface area contributed by atoms with Crippen molar-refractivity contribution in [1.82, 2.24) is 4.90 Å². The molecule has 1 N–H and O–H groups in total. The smallest absolute Gasteiger partial charge is 0.296 e. The highest BCUT2D eigenvalue weighted by Crippen LogP contribution is 2.43. The number of amides is 1. The average Bonchev–Trinajstić information content (AvgIpc) is 3.36. The molecule has 156 valence electrons. The van der Waals surface area contributed by atoms with E-state index < -0.39 is 22.7 Å². The summed E-state index contributed by atoms with van der Waals surface area (Å²) >= 11 is 0. The monoisotopic (exact) mass is 418 g/mol. The van der Waals surface area contributed by atoms with Gasteiger partial charge in [0.05, 0.1) is 34.9 Å². The van der Waals surface area contributed by atoms with Crippen molar-refractivity contribution in [2.75, 3.05) is 0 Å². The number of Topliss-reactive ketones (excluding diaryl/α,β-unsaturated/α-hetero) is 1. The number of nitro groups is 1. The second kappa shape index (κ2) is 7.91. The molecular formula is C23H18N2O6. The molecule has 1 amide bonds. The standard InChI is InChI=1S/C23H18N2O6/c1-14-8-10-15(11-9-14)21(26)19-20(17-6-2-3-7-18(17)25(29)30)24(23(28)22(19)27)13-16-5-4-12-31-16/h2-12,20,26H,13H2,1H3. The summed E-state index contributed by atoms with van der Waals surface area (Å²) in [5.41, 5.74) is 0.963. The van der Waals surface area contributed by atoms with Crippen LogP contribution in [0.4, 0.5) is 5.69 Å². The minimum Gasteiger partial charge on any atom is -0.507 e. The lowest BCUT2D eigenvalue weighted by Crippen LogP contribution is -2.29. The Bertz CT molecular complexity index is 1200. The molecule has 1 unspecified atom stereocenters. The van der Waals surface area contributed by atoms with Gasteiger partial charge >= 0.3 is 0 Å². The zero-order valence-corrected chi connectivity index (χ0v) is 16.5. The first-order valence-corrected chi connectivity index (χ1v) is 9.49. The second-order valence-electron chi connectivity index (χ2n) is 7.19. The summed E-state index contributed by atoms with van der Waals surface area (Å²) in [6.07, 6.45) is 1.43. The number of likely N-dealkylation sites (tertiary alicyclic amines) is 1. The number of benzene rings is 2. The highest BCUT2D eigenvalue weighted by atomic mass is 16.6. The van der Waals surface area contributed by atoms with E-state index in [1.165, 1.54) is 29.4 Å². The molecule has 0 saturated carbocycles. The molecule has 0 bridgehead atoms. The topological polar surface area (TPSA) is 114 Å². The van der Waals surface area contributed by atoms with Crippen molar-refractivity contribution < 1.29 is 24.0 Å². The van der Waals surface area contributed by atoms with Gasteiger partial charge in [0.2, 0.25) is 0 Å². The Kier molecular flexibility index (Phi) is 5.12. The Labute approximate surface area is 177 Å². The van der Waals surface area contributed by atoms with E-state index in [1.807, 2.05) is 6.92 Å².